The van der Waals surface area contributed by atoms with E-state index in [9.17, 15) is 4.79 Å². The molecular formula is C20H20N6O2. The van der Waals surface area contributed by atoms with Gasteiger partial charge in [0.1, 0.15) is 24.0 Å². The number of fused-ring (bicyclic) bond motifs is 1. The van der Waals surface area contributed by atoms with Crippen molar-refractivity contribution in [2.75, 3.05) is 11.9 Å². The highest BCUT2D eigenvalue weighted by atomic mass is 16.5. The highest BCUT2D eigenvalue weighted by Gasteiger charge is 2.39. The van der Waals surface area contributed by atoms with Gasteiger partial charge in [-0.3, -0.25) is 9.78 Å². The van der Waals surface area contributed by atoms with Gasteiger partial charge in [-0.25, -0.2) is 9.67 Å². The molecule has 2 atom stereocenters. The van der Waals surface area contributed by atoms with Crippen LogP contribution in [0, 0.1) is 5.92 Å². The summed E-state index contributed by atoms with van der Waals surface area (Å²) in [6, 6.07) is 12.5. The molecule has 142 valence electrons. The number of pyridine rings is 1. The van der Waals surface area contributed by atoms with Crippen molar-refractivity contribution in [1.82, 2.24) is 19.7 Å². The van der Waals surface area contributed by atoms with E-state index in [0.717, 1.165) is 5.69 Å². The zero-order valence-electron chi connectivity index (χ0n) is 15.6. The van der Waals surface area contributed by atoms with Crippen molar-refractivity contribution in [3.8, 4) is 5.75 Å². The van der Waals surface area contributed by atoms with E-state index in [1.165, 1.54) is 6.33 Å². The minimum absolute atomic E-state index is 0.204. The second-order valence-electron chi connectivity index (χ2n) is 6.35. The predicted octanol–water partition coefficient (Wildman–Crippen LogP) is 3.02. The fourth-order valence-electron chi connectivity index (χ4n) is 3.36. The number of nitrogens with zero attached hydrogens (tertiary/aromatic N) is 5. The number of hydrogen-bond acceptors (Lipinski definition) is 6. The summed E-state index contributed by atoms with van der Waals surface area (Å²) in [7, 11) is 0. The summed E-state index contributed by atoms with van der Waals surface area (Å²) >= 11 is 0. The fourth-order valence-corrected chi connectivity index (χ4v) is 3.36. The molecule has 0 bridgehead atoms. The first kappa shape index (κ1) is 17.8. The molecule has 2 aromatic heterocycles. The molecule has 8 nitrogen and oxygen atoms in total. The molecule has 0 radical (unpaired) electrons. The number of rotatable bonds is 5. The Bertz CT molecular complexity index is 1010. The van der Waals surface area contributed by atoms with Gasteiger partial charge in [-0.2, -0.15) is 10.1 Å². The van der Waals surface area contributed by atoms with Gasteiger partial charge in [-0.15, -0.1) is 0 Å². The third-order valence-corrected chi connectivity index (χ3v) is 4.58. The third-order valence-electron chi connectivity index (χ3n) is 4.58. The average Bonchev–Trinajstić information content (AvgIpc) is 3.17. The number of hydrogen-bond donors (Lipinski definition) is 1. The lowest BCUT2D eigenvalue weighted by Gasteiger charge is -2.29. The lowest BCUT2D eigenvalue weighted by molar-refractivity contribution is -0.118. The maximum atomic E-state index is 13.3. The molecule has 3 aromatic rings. The Hall–Kier alpha value is -3.55. The van der Waals surface area contributed by atoms with E-state index in [1.54, 1.807) is 10.9 Å². The second-order valence-corrected chi connectivity index (χ2v) is 6.35. The molecule has 0 saturated heterocycles. The van der Waals surface area contributed by atoms with Crippen LogP contribution >= 0.6 is 0 Å². The van der Waals surface area contributed by atoms with Gasteiger partial charge in [-0.1, -0.05) is 18.2 Å². The van der Waals surface area contributed by atoms with E-state index in [4.69, 9.17) is 4.74 Å². The van der Waals surface area contributed by atoms with Gasteiger partial charge in [0.2, 0.25) is 11.9 Å². The van der Waals surface area contributed by atoms with Crippen LogP contribution in [0.4, 0.5) is 11.6 Å². The normalized spacial score (nSPS) is 18.1. The minimum Gasteiger partial charge on any atom is -0.492 e. The van der Waals surface area contributed by atoms with E-state index in [1.807, 2.05) is 56.3 Å². The van der Waals surface area contributed by atoms with Gasteiger partial charge < -0.3 is 10.1 Å². The van der Waals surface area contributed by atoms with Crippen LogP contribution in [0.2, 0.25) is 0 Å². The number of carbonyl (C=O) groups is 1. The lowest BCUT2D eigenvalue weighted by atomic mass is 9.90. The quantitative estimate of drug-likeness (QED) is 0.739. The second kappa shape index (κ2) is 7.59. The molecule has 1 N–H and O–H groups in total. The summed E-state index contributed by atoms with van der Waals surface area (Å²) in [4.78, 5) is 26.4. The van der Waals surface area contributed by atoms with Crippen LogP contribution in [0.3, 0.4) is 0 Å². The Balaban J connectivity index is 1.71. The van der Waals surface area contributed by atoms with Crippen LogP contribution in [-0.4, -0.2) is 38.0 Å². The standard InChI is InChI=1S/C20H20N6O2/c1-3-28-16-10-5-4-8-14(16)25-19(27)17-13(2)24-20-22-12-23-26(20)18(17)15-9-6-7-11-21-15/h4-12,17-18H,3H2,1-2H3,(H,25,27). The number of carbonyl (C=O) groups excluding carboxylic acids is 1. The number of amides is 1. The van der Waals surface area contributed by atoms with Gasteiger partial charge in [0.25, 0.3) is 0 Å². The molecule has 0 saturated carbocycles. The number of aliphatic imine (C=N–C) groups is 1. The SMILES string of the molecule is CCOc1ccccc1NC(=O)C1C(C)=Nc2ncnn2C1c1ccccn1. The van der Waals surface area contributed by atoms with Crippen LogP contribution in [0.1, 0.15) is 25.6 Å². The molecule has 8 heteroatoms. The number of aromatic nitrogens is 4. The van der Waals surface area contributed by atoms with E-state index in [2.05, 4.69) is 25.4 Å². The zero-order valence-corrected chi connectivity index (χ0v) is 15.6. The van der Waals surface area contributed by atoms with E-state index >= 15 is 0 Å². The van der Waals surface area contributed by atoms with Gasteiger partial charge in [0.15, 0.2) is 0 Å². The van der Waals surface area contributed by atoms with Gasteiger partial charge in [0, 0.05) is 11.9 Å². The van der Waals surface area contributed by atoms with Crippen molar-refractivity contribution in [2.24, 2.45) is 10.9 Å². The van der Waals surface area contributed by atoms with E-state index in [-0.39, 0.29) is 5.91 Å². The Kier molecular flexibility index (Phi) is 4.84. The summed E-state index contributed by atoms with van der Waals surface area (Å²) in [5.74, 6) is 0.301. The first-order chi connectivity index (χ1) is 13.7. The molecule has 1 amide bonds. The predicted molar refractivity (Wildman–Crippen MR) is 105 cm³/mol. The largest absolute Gasteiger partial charge is 0.492 e. The summed E-state index contributed by atoms with van der Waals surface area (Å²) in [6.45, 7) is 4.24. The maximum Gasteiger partial charge on any atom is 0.248 e. The molecular weight excluding hydrogens is 356 g/mol. The Morgan fingerprint density at radius 3 is 2.79 bits per heavy atom. The number of ether oxygens (including phenoxy) is 1. The molecule has 1 aliphatic rings. The maximum absolute atomic E-state index is 13.3. The highest BCUT2D eigenvalue weighted by Crippen LogP contribution is 2.35. The Morgan fingerprint density at radius 2 is 2.00 bits per heavy atom. The summed E-state index contributed by atoms with van der Waals surface area (Å²) < 4.78 is 7.27. The number of para-hydroxylation sites is 2. The monoisotopic (exact) mass is 376 g/mol. The molecule has 1 aromatic carbocycles. The molecule has 28 heavy (non-hydrogen) atoms. The fraction of sp³-hybridized carbons (Fsp3) is 0.250. The number of anilines is 1. The lowest BCUT2D eigenvalue weighted by Crippen LogP contribution is -2.39. The van der Waals surface area contributed by atoms with Crippen molar-refractivity contribution in [3.63, 3.8) is 0 Å². The van der Waals surface area contributed by atoms with Crippen molar-refractivity contribution < 1.29 is 9.53 Å². The van der Waals surface area contributed by atoms with Crippen LogP contribution < -0.4 is 10.1 Å². The molecule has 1 aliphatic heterocycles. The molecule has 4 rings (SSSR count). The molecule has 0 aliphatic carbocycles. The van der Waals surface area contributed by atoms with Crippen molar-refractivity contribution in [1.29, 1.82) is 0 Å². The molecule has 0 spiro atoms. The van der Waals surface area contributed by atoms with E-state index in [0.29, 0.717) is 29.7 Å². The third kappa shape index (κ3) is 3.24. The first-order valence-electron chi connectivity index (χ1n) is 9.07. The van der Waals surface area contributed by atoms with Crippen molar-refractivity contribution in [3.05, 3.63) is 60.7 Å². The molecule has 3 heterocycles. The Morgan fingerprint density at radius 1 is 1.18 bits per heavy atom. The zero-order chi connectivity index (χ0) is 19.5. The van der Waals surface area contributed by atoms with Crippen molar-refractivity contribution in [2.45, 2.75) is 19.9 Å². The smallest absolute Gasteiger partial charge is 0.248 e. The summed E-state index contributed by atoms with van der Waals surface area (Å²) in [5.41, 5.74) is 2.00. The van der Waals surface area contributed by atoms with Crippen LogP contribution in [0.5, 0.6) is 5.75 Å². The number of nitrogens with one attached hydrogen (secondary N) is 1. The highest BCUT2D eigenvalue weighted by molar-refractivity contribution is 6.10. The average molecular weight is 376 g/mol. The van der Waals surface area contributed by atoms with Gasteiger partial charge in [0.05, 0.1) is 18.0 Å². The summed E-state index contributed by atoms with van der Waals surface area (Å²) in [6.07, 6.45) is 3.14. The summed E-state index contributed by atoms with van der Waals surface area (Å²) in [5, 5.41) is 7.27. The van der Waals surface area contributed by atoms with Crippen LogP contribution in [0.25, 0.3) is 0 Å². The molecule has 2 unspecified atom stereocenters. The van der Waals surface area contributed by atoms with Crippen molar-refractivity contribution >= 4 is 23.3 Å². The minimum atomic E-state index is -0.584. The van der Waals surface area contributed by atoms with Crippen LogP contribution in [-0.2, 0) is 4.79 Å². The van der Waals surface area contributed by atoms with Gasteiger partial charge >= 0.3 is 0 Å². The topological polar surface area (TPSA) is 94.3 Å². The van der Waals surface area contributed by atoms with Gasteiger partial charge in [-0.05, 0) is 38.1 Å². The molecule has 0 fully saturated rings. The van der Waals surface area contributed by atoms with Crippen LogP contribution in [0.15, 0.2) is 60.0 Å². The Labute approximate surface area is 162 Å². The first-order valence-corrected chi connectivity index (χ1v) is 9.07. The number of benzene rings is 1. The van der Waals surface area contributed by atoms with E-state index < -0.39 is 12.0 Å².